The smallest absolute Gasteiger partial charge is 0.285 e. The quantitative estimate of drug-likeness (QED) is 0.664. The first-order chi connectivity index (χ1) is 14.9. The molecule has 1 fully saturated rings. The molecule has 2 aliphatic rings. The van der Waals surface area contributed by atoms with E-state index in [1.165, 1.54) is 5.56 Å². The molecule has 2 aliphatic heterocycles. The van der Waals surface area contributed by atoms with Crippen molar-refractivity contribution in [3.8, 4) is 0 Å². The largest absolute Gasteiger partial charge is 0.339 e. The topological polar surface area (TPSA) is 65.0 Å². The Hall–Kier alpha value is -2.00. The minimum absolute atomic E-state index is 0.249. The highest BCUT2D eigenvalue weighted by Gasteiger charge is 2.31. The standard InChI is InChI=1S/C23H27BrN4O2S/c1-3-27-11-13-28(14-12-27)16-18-7-9-21(10-8-18)25-23-17(2)22(31(29,30)26-23)19-5-4-6-20(24)15-19/h4-10,15H,3,11-14,16H2,1-2H3,(H,25,26). The number of piperazine rings is 1. The van der Waals surface area contributed by atoms with Crippen LogP contribution in [0.2, 0.25) is 0 Å². The molecule has 0 atom stereocenters. The number of nitrogens with one attached hydrogen (secondary N) is 1. The van der Waals surface area contributed by atoms with Gasteiger partial charge in [0.05, 0.1) is 0 Å². The Labute approximate surface area is 192 Å². The molecule has 0 aliphatic carbocycles. The predicted molar refractivity (Wildman–Crippen MR) is 131 cm³/mol. The van der Waals surface area contributed by atoms with Crippen LogP contribution in [0.15, 0.2) is 63.0 Å². The number of anilines is 1. The van der Waals surface area contributed by atoms with E-state index in [0.29, 0.717) is 17.0 Å². The zero-order valence-electron chi connectivity index (χ0n) is 17.8. The van der Waals surface area contributed by atoms with Crippen LogP contribution in [0.4, 0.5) is 5.69 Å². The summed E-state index contributed by atoms with van der Waals surface area (Å²) in [4.78, 5) is 5.19. The maximum Gasteiger partial charge on any atom is 0.285 e. The number of benzene rings is 2. The Morgan fingerprint density at radius 2 is 1.71 bits per heavy atom. The normalized spacial score (nSPS) is 19.5. The van der Waals surface area contributed by atoms with Gasteiger partial charge in [0.2, 0.25) is 0 Å². The van der Waals surface area contributed by atoms with Crippen molar-refractivity contribution in [1.82, 2.24) is 9.80 Å². The van der Waals surface area contributed by atoms with Crippen LogP contribution in [0.3, 0.4) is 0 Å². The summed E-state index contributed by atoms with van der Waals surface area (Å²) in [5.74, 6) is 0.374. The van der Waals surface area contributed by atoms with Gasteiger partial charge >= 0.3 is 0 Å². The molecule has 0 saturated carbocycles. The van der Waals surface area contributed by atoms with Gasteiger partial charge in [0.1, 0.15) is 10.7 Å². The van der Waals surface area contributed by atoms with Crippen LogP contribution in [-0.4, -0.2) is 56.8 Å². The van der Waals surface area contributed by atoms with Gasteiger partial charge in [0.25, 0.3) is 10.0 Å². The van der Waals surface area contributed by atoms with Crippen molar-refractivity contribution in [3.05, 3.63) is 69.7 Å². The SMILES string of the molecule is CCN1CCN(Cc2ccc(NC3=NS(=O)(=O)C(c4cccc(Br)c4)=C3C)cc2)CC1. The highest BCUT2D eigenvalue weighted by atomic mass is 79.9. The highest BCUT2D eigenvalue weighted by Crippen LogP contribution is 2.34. The van der Waals surface area contributed by atoms with E-state index in [0.717, 1.165) is 49.4 Å². The van der Waals surface area contributed by atoms with E-state index >= 15 is 0 Å². The molecule has 4 rings (SSSR count). The second-order valence-corrected chi connectivity index (χ2v) is 10.4. The number of sulfonamides is 1. The fourth-order valence-corrected chi connectivity index (χ4v) is 5.82. The molecular formula is C23H27BrN4O2S. The van der Waals surface area contributed by atoms with Crippen LogP contribution in [0.25, 0.3) is 4.91 Å². The van der Waals surface area contributed by atoms with Crippen molar-refractivity contribution in [2.45, 2.75) is 20.4 Å². The molecule has 31 heavy (non-hydrogen) atoms. The van der Waals surface area contributed by atoms with E-state index in [1.807, 2.05) is 24.3 Å². The summed E-state index contributed by atoms with van der Waals surface area (Å²) in [6.45, 7) is 10.5. The second kappa shape index (κ2) is 9.24. The molecule has 0 amide bonds. The van der Waals surface area contributed by atoms with E-state index in [2.05, 4.69) is 54.5 Å². The Morgan fingerprint density at radius 3 is 2.35 bits per heavy atom. The average Bonchev–Trinajstić information content (AvgIpc) is 2.97. The molecule has 0 aromatic heterocycles. The first kappa shape index (κ1) is 22.2. The summed E-state index contributed by atoms with van der Waals surface area (Å²) in [6.07, 6.45) is 0. The third kappa shape index (κ3) is 5.09. The lowest BCUT2D eigenvalue weighted by molar-refractivity contribution is 0.132. The molecule has 1 N–H and O–H groups in total. The number of hydrogen-bond donors (Lipinski definition) is 1. The number of nitrogens with zero attached hydrogens (tertiary/aromatic N) is 3. The summed E-state index contributed by atoms with van der Waals surface area (Å²) in [6, 6.07) is 15.4. The van der Waals surface area contributed by atoms with Crippen molar-refractivity contribution in [3.63, 3.8) is 0 Å². The minimum Gasteiger partial charge on any atom is -0.339 e. The molecule has 2 aromatic rings. The fraction of sp³-hybridized carbons (Fsp3) is 0.348. The van der Waals surface area contributed by atoms with Crippen LogP contribution in [0, 0.1) is 0 Å². The van der Waals surface area contributed by atoms with Crippen molar-refractivity contribution in [1.29, 1.82) is 0 Å². The molecule has 8 heteroatoms. The molecule has 6 nitrogen and oxygen atoms in total. The van der Waals surface area contributed by atoms with Gasteiger partial charge in [-0.15, -0.1) is 4.40 Å². The van der Waals surface area contributed by atoms with E-state index in [-0.39, 0.29) is 4.91 Å². The summed E-state index contributed by atoms with van der Waals surface area (Å²) in [7, 11) is -3.74. The maximum atomic E-state index is 12.7. The third-order valence-electron chi connectivity index (χ3n) is 5.79. The average molecular weight is 503 g/mol. The van der Waals surface area contributed by atoms with Crippen LogP contribution in [0.1, 0.15) is 25.0 Å². The first-order valence-electron chi connectivity index (χ1n) is 10.5. The lowest BCUT2D eigenvalue weighted by atomic mass is 10.1. The maximum absolute atomic E-state index is 12.7. The van der Waals surface area contributed by atoms with E-state index in [9.17, 15) is 8.42 Å². The zero-order chi connectivity index (χ0) is 22.0. The van der Waals surface area contributed by atoms with Crippen LogP contribution in [0.5, 0.6) is 0 Å². The molecule has 0 spiro atoms. The van der Waals surface area contributed by atoms with Crippen molar-refractivity contribution in [2.24, 2.45) is 4.40 Å². The highest BCUT2D eigenvalue weighted by molar-refractivity contribution is 9.10. The van der Waals surface area contributed by atoms with Gasteiger partial charge in [0, 0.05) is 48.5 Å². The van der Waals surface area contributed by atoms with E-state index in [4.69, 9.17) is 0 Å². The number of rotatable bonds is 5. The van der Waals surface area contributed by atoms with Crippen LogP contribution >= 0.6 is 15.9 Å². The Bertz CT molecular complexity index is 1120. The third-order valence-corrected chi connectivity index (χ3v) is 7.76. The van der Waals surface area contributed by atoms with Gasteiger partial charge in [-0.05, 0) is 48.9 Å². The van der Waals surface area contributed by atoms with E-state index < -0.39 is 10.0 Å². The first-order valence-corrected chi connectivity index (χ1v) is 12.7. The fourth-order valence-electron chi connectivity index (χ4n) is 4.00. The van der Waals surface area contributed by atoms with Gasteiger partial charge in [0.15, 0.2) is 0 Å². The summed E-state index contributed by atoms with van der Waals surface area (Å²) >= 11 is 3.41. The Balaban J connectivity index is 1.46. The van der Waals surface area contributed by atoms with Gasteiger partial charge in [-0.1, -0.05) is 47.1 Å². The Morgan fingerprint density at radius 1 is 1.03 bits per heavy atom. The summed E-state index contributed by atoms with van der Waals surface area (Å²) in [5.41, 5.74) is 3.32. The minimum atomic E-state index is -3.74. The van der Waals surface area contributed by atoms with Gasteiger partial charge < -0.3 is 10.2 Å². The van der Waals surface area contributed by atoms with Crippen molar-refractivity contribution < 1.29 is 8.42 Å². The number of likely N-dealkylation sites (N-methyl/N-ethyl adjacent to an activating group) is 1. The molecule has 2 heterocycles. The van der Waals surface area contributed by atoms with Crippen LogP contribution in [-0.2, 0) is 16.6 Å². The number of hydrogen-bond acceptors (Lipinski definition) is 5. The molecular weight excluding hydrogens is 476 g/mol. The zero-order valence-corrected chi connectivity index (χ0v) is 20.2. The van der Waals surface area contributed by atoms with Crippen LogP contribution < -0.4 is 5.32 Å². The van der Waals surface area contributed by atoms with Crippen molar-refractivity contribution in [2.75, 3.05) is 38.0 Å². The molecule has 2 aromatic carbocycles. The molecule has 0 unspecified atom stereocenters. The van der Waals surface area contributed by atoms with Gasteiger partial charge in [-0.2, -0.15) is 8.42 Å². The van der Waals surface area contributed by atoms with Crippen molar-refractivity contribution >= 4 is 42.4 Å². The Kier molecular flexibility index (Phi) is 6.62. The van der Waals surface area contributed by atoms with Gasteiger partial charge in [-0.3, -0.25) is 4.90 Å². The molecule has 0 radical (unpaired) electrons. The summed E-state index contributed by atoms with van der Waals surface area (Å²) in [5, 5.41) is 3.19. The second-order valence-electron chi connectivity index (χ2n) is 7.91. The molecule has 0 bridgehead atoms. The lowest BCUT2D eigenvalue weighted by Gasteiger charge is -2.34. The van der Waals surface area contributed by atoms with E-state index in [1.54, 1.807) is 19.1 Å². The number of halogens is 1. The van der Waals surface area contributed by atoms with Gasteiger partial charge in [-0.25, -0.2) is 0 Å². The molecule has 164 valence electrons. The monoisotopic (exact) mass is 502 g/mol. The number of amidine groups is 1. The predicted octanol–water partition coefficient (Wildman–Crippen LogP) is 4.17. The molecule has 1 saturated heterocycles. The lowest BCUT2D eigenvalue weighted by Crippen LogP contribution is -2.45. The summed E-state index contributed by atoms with van der Waals surface area (Å²) < 4.78 is 30.2.